The molecule has 0 aliphatic heterocycles. The molecule has 0 spiro atoms. The maximum Gasteiger partial charge on any atom is 0.245 e. The molecular formula is C10H15FN2O3S. The van der Waals surface area contributed by atoms with Gasteiger partial charge >= 0.3 is 0 Å². The van der Waals surface area contributed by atoms with Crippen molar-refractivity contribution >= 4 is 10.0 Å². The van der Waals surface area contributed by atoms with Crippen LogP contribution in [0.15, 0.2) is 23.4 Å². The molecule has 0 saturated heterocycles. The number of aliphatic hydroxyl groups is 1. The lowest BCUT2D eigenvalue weighted by Gasteiger charge is -2.32. The van der Waals surface area contributed by atoms with E-state index in [1.54, 1.807) is 13.8 Å². The fraction of sp³-hybridized carbons (Fsp3) is 0.500. The van der Waals surface area contributed by atoms with Gasteiger partial charge in [0.15, 0.2) is 0 Å². The fourth-order valence-electron chi connectivity index (χ4n) is 1.12. The third-order valence-corrected chi connectivity index (χ3v) is 4.61. The lowest BCUT2D eigenvalue weighted by molar-refractivity contribution is 0.138. The maximum absolute atomic E-state index is 12.9. The number of hydrogen-bond acceptors (Lipinski definition) is 4. The first-order valence-electron chi connectivity index (χ1n) is 4.92. The van der Waals surface area contributed by atoms with Crippen molar-refractivity contribution in [3.05, 3.63) is 24.3 Å². The first-order valence-corrected chi connectivity index (χ1v) is 6.36. The van der Waals surface area contributed by atoms with Crippen LogP contribution in [-0.2, 0) is 10.0 Å². The summed E-state index contributed by atoms with van der Waals surface area (Å²) in [6.07, 6.45) is 2.00. The molecule has 0 aromatic carbocycles. The number of hydrogen-bond donors (Lipinski definition) is 1. The molecule has 1 aromatic heterocycles. The predicted octanol–water partition coefficient (Wildman–Crippen LogP) is 0.612. The highest BCUT2D eigenvalue weighted by molar-refractivity contribution is 7.89. The minimum atomic E-state index is -3.86. The van der Waals surface area contributed by atoms with E-state index in [0.717, 1.165) is 22.8 Å². The smallest absolute Gasteiger partial charge is 0.245 e. The highest BCUT2D eigenvalue weighted by atomic mass is 32.2. The van der Waals surface area contributed by atoms with Crippen molar-refractivity contribution in [1.29, 1.82) is 0 Å². The second-order valence-corrected chi connectivity index (χ2v) is 6.25. The number of aromatic nitrogens is 1. The molecule has 0 fully saturated rings. The Hall–Kier alpha value is -1.05. The number of likely N-dealkylation sites (N-methyl/N-ethyl adjacent to an activating group) is 1. The number of aliphatic hydroxyl groups excluding tert-OH is 1. The van der Waals surface area contributed by atoms with Crippen LogP contribution in [0.1, 0.15) is 13.8 Å². The molecule has 0 saturated carbocycles. The van der Waals surface area contributed by atoms with Crippen LogP contribution in [0.4, 0.5) is 4.39 Å². The van der Waals surface area contributed by atoms with E-state index in [2.05, 4.69) is 4.98 Å². The van der Waals surface area contributed by atoms with Crippen molar-refractivity contribution in [2.45, 2.75) is 24.3 Å². The molecule has 0 atom stereocenters. The van der Waals surface area contributed by atoms with E-state index in [9.17, 15) is 12.8 Å². The number of sulfonamides is 1. The molecule has 1 N–H and O–H groups in total. The largest absolute Gasteiger partial charge is 0.394 e. The molecule has 1 rings (SSSR count). The molecule has 0 amide bonds. The van der Waals surface area contributed by atoms with Crippen LogP contribution in [0.5, 0.6) is 0 Å². The zero-order valence-corrected chi connectivity index (χ0v) is 10.7. The van der Waals surface area contributed by atoms with Gasteiger partial charge < -0.3 is 5.11 Å². The predicted molar refractivity (Wildman–Crippen MR) is 60.3 cm³/mol. The van der Waals surface area contributed by atoms with Gasteiger partial charge in [-0.3, -0.25) is 4.98 Å². The second kappa shape index (κ2) is 4.67. The van der Waals surface area contributed by atoms with Gasteiger partial charge in [-0.05, 0) is 19.9 Å². The molecular weight excluding hydrogens is 247 g/mol. The summed E-state index contributed by atoms with van der Waals surface area (Å²) >= 11 is 0. The molecule has 17 heavy (non-hydrogen) atoms. The highest BCUT2D eigenvalue weighted by Crippen LogP contribution is 2.22. The average Bonchev–Trinajstić information content (AvgIpc) is 2.28. The third kappa shape index (κ3) is 2.80. The highest BCUT2D eigenvalue weighted by Gasteiger charge is 2.33. The van der Waals surface area contributed by atoms with Gasteiger partial charge in [-0.25, -0.2) is 12.8 Å². The maximum atomic E-state index is 12.9. The van der Waals surface area contributed by atoms with Gasteiger partial charge in [0.05, 0.1) is 18.3 Å². The lowest BCUT2D eigenvalue weighted by atomic mass is 10.1. The van der Waals surface area contributed by atoms with Crippen molar-refractivity contribution in [3.63, 3.8) is 0 Å². The van der Waals surface area contributed by atoms with Crippen molar-refractivity contribution < 1.29 is 17.9 Å². The van der Waals surface area contributed by atoms with E-state index in [0.29, 0.717) is 0 Å². The Morgan fingerprint density at radius 3 is 2.53 bits per heavy atom. The summed E-state index contributed by atoms with van der Waals surface area (Å²) in [7, 11) is -2.53. The molecule has 1 aromatic rings. The molecule has 96 valence electrons. The van der Waals surface area contributed by atoms with Gasteiger partial charge in [0.1, 0.15) is 10.7 Å². The van der Waals surface area contributed by atoms with E-state index >= 15 is 0 Å². The summed E-state index contributed by atoms with van der Waals surface area (Å²) < 4.78 is 38.1. The second-order valence-electron chi connectivity index (χ2n) is 4.28. The molecule has 1 heterocycles. The van der Waals surface area contributed by atoms with Crippen LogP contribution < -0.4 is 0 Å². The summed E-state index contributed by atoms with van der Waals surface area (Å²) in [4.78, 5) is 3.26. The SMILES string of the molecule is CN(C(C)(C)CO)S(=O)(=O)c1cncc(F)c1. The minimum Gasteiger partial charge on any atom is -0.394 e. The molecule has 7 heteroatoms. The monoisotopic (exact) mass is 262 g/mol. The Bertz CT molecular complexity index is 502. The normalized spacial score (nSPS) is 13.1. The summed E-state index contributed by atoms with van der Waals surface area (Å²) in [5, 5.41) is 9.13. The molecule has 0 aliphatic carbocycles. The molecule has 0 radical (unpaired) electrons. The van der Waals surface area contributed by atoms with Crippen LogP contribution in [0.3, 0.4) is 0 Å². The van der Waals surface area contributed by atoms with Gasteiger partial charge in [0.25, 0.3) is 0 Å². The van der Waals surface area contributed by atoms with Crippen LogP contribution in [0.2, 0.25) is 0 Å². The standard InChI is InChI=1S/C10H15FN2O3S/c1-10(2,7-14)13(3)17(15,16)9-4-8(11)5-12-6-9/h4-6,14H,7H2,1-3H3. The van der Waals surface area contributed by atoms with Gasteiger partial charge in [-0.15, -0.1) is 0 Å². The van der Waals surface area contributed by atoms with Crippen LogP contribution in [-0.4, -0.2) is 42.0 Å². The topological polar surface area (TPSA) is 70.5 Å². The summed E-state index contributed by atoms with van der Waals surface area (Å²) in [5.41, 5.74) is -0.967. The van der Waals surface area contributed by atoms with E-state index in [1.165, 1.54) is 7.05 Å². The first kappa shape index (κ1) is 14.0. The van der Waals surface area contributed by atoms with Crippen LogP contribution >= 0.6 is 0 Å². The van der Waals surface area contributed by atoms with Gasteiger partial charge in [-0.2, -0.15) is 4.31 Å². The summed E-state index contributed by atoms with van der Waals surface area (Å²) in [6.45, 7) is 2.79. The number of pyridine rings is 1. The molecule has 5 nitrogen and oxygen atoms in total. The average molecular weight is 262 g/mol. The van der Waals surface area contributed by atoms with Crippen molar-refractivity contribution in [3.8, 4) is 0 Å². The van der Waals surface area contributed by atoms with E-state index < -0.39 is 21.4 Å². The quantitative estimate of drug-likeness (QED) is 0.863. The Balaban J connectivity index is 3.21. The minimum absolute atomic E-state index is 0.235. The number of halogens is 1. The van der Waals surface area contributed by atoms with Gasteiger partial charge in [-0.1, -0.05) is 0 Å². The molecule has 0 aliphatic rings. The zero-order valence-electron chi connectivity index (χ0n) is 9.88. The zero-order chi connectivity index (χ0) is 13.3. The molecule has 0 bridgehead atoms. The van der Waals surface area contributed by atoms with Crippen molar-refractivity contribution in [2.75, 3.05) is 13.7 Å². The van der Waals surface area contributed by atoms with Gasteiger partial charge in [0.2, 0.25) is 10.0 Å². The van der Waals surface area contributed by atoms with Crippen LogP contribution in [0, 0.1) is 5.82 Å². The lowest BCUT2D eigenvalue weighted by Crippen LogP contribution is -2.47. The van der Waals surface area contributed by atoms with Crippen LogP contribution in [0.25, 0.3) is 0 Å². The molecule has 0 unspecified atom stereocenters. The number of rotatable bonds is 4. The van der Waals surface area contributed by atoms with Crippen molar-refractivity contribution in [1.82, 2.24) is 9.29 Å². The van der Waals surface area contributed by atoms with Gasteiger partial charge in [0, 0.05) is 13.2 Å². The first-order chi connectivity index (χ1) is 7.71. The fourth-order valence-corrected chi connectivity index (χ4v) is 2.60. The van der Waals surface area contributed by atoms with E-state index in [1.807, 2.05) is 0 Å². The Kier molecular flexibility index (Phi) is 3.85. The Morgan fingerprint density at radius 2 is 2.06 bits per heavy atom. The Labute approximate surface area is 100.0 Å². The Morgan fingerprint density at radius 1 is 1.47 bits per heavy atom. The third-order valence-electron chi connectivity index (χ3n) is 2.58. The van der Waals surface area contributed by atoms with E-state index in [-0.39, 0.29) is 11.5 Å². The van der Waals surface area contributed by atoms with Crippen molar-refractivity contribution in [2.24, 2.45) is 0 Å². The number of nitrogens with zero attached hydrogens (tertiary/aromatic N) is 2. The summed E-state index contributed by atoms with van der Waals surface area (Å²) in [5.74, 6) is -0.721. The van der Waals surface area contributed by atoms with E-state index in [4.69, 9.17) is 5.11 Å². The summed E-state index contributed by atoms with van der Waals surface area (Å²) in [6, 6.07) is 0.895.